The molecule has 1 saturated heterocycles. The molecule has 10 heteroatoms. The molecule has 1 aliphatic rings. The Hall–Kier alpha value is -2.01. The number of aliphatic hydroxyl groups is 3. The summed E-state index contributed by atoms with van der Waals surface area (Å²) < 4.78 is 9.99. The van der Waals surface area contributed by atoms with Crippen LogP contribution in [0.3, 0.4) is 0 Å². The standard InChI is InChI=1S/C23H40N2O8/c1-6-33-17(27)11-14-25-13-8-7-9-15(22(25)31)24-21(30)20(32-5)19(29)18(28)16(26)10-12-23(2,3)4/h10,12,15-16,18-20,26,28-29H,6-9,11,13-14H2,1-5H3,(H,24,30)/b12-10+/t15?,16-,18+,19-,20-/m1/s1. The predicted molar refractivity (Wildman–Crippen MR) is 121 cm³/mol. The maximum absolute atomic E-state index is 12.9. The minimum absolute atomic E-state index is 0.0613. The molecule has 1 fully saturated rings. The monoisotopic (exact) mass is 472 g/mol. The van der Waals surface area contributed by atoms with Gasteiger partial charge in [-0.3, -0.25) is 14.4 Å². The van der Waals surface area contributed by atoms with E-state index in [0.29, 0.717) is 19.4 Å². The van der Waals surface area contributed by atoms with Gasteiger partial charge in [-0.2, -0.15) is 0 Å². The van der Waals surface area contributed by atoms with Gasteiger partial charge in [0.15, 0.2) is 6.10 Å². The number of carbonyl (C=O) groups excluding carboxylic acids is 3. The lowest BCUT2D eigenvalue weighted by molar-refractivity contribution is -0.152. The lowest BCUT2D eigenvalue weighted by Crippen LogP contribution is -2.56. The van der Waals surface area contributed by atoms with Gasteiger partial charge in [0.05, 0.1) is 13.0 Å². The fourth-order valence-electron chi connectivity index (χ4n) is 3.46. The zero-order valence-corrected chi connectivity index (χ0v) is 20.3. The molecular formula is C23H40N2O8. The normalized spacial score (nSPS) is 21.3. The first kappa shape index (κ1) is 29.0. The summed E-state index contributed by atoms with van der Waals surface area (Å²) in [5.74, 6) is -1.50. The lowest BCUT2D eigenvalue weighted by atomic mass is 9.94. The Morgan fingerprint density at radius 1 is 1.21 bits per heavy atom. The molecule has 1 rings (SSSR count). The molecule has 5 atom stereocenters. The van der Waals surface area contributed by atoms with Crippen molar-refractivity contribution in [2.75, 3.05) is 26.8 Å². The maximum atomic E-state index is 12.9. The highest BCUT2D eigenvalue weighted by molar-refractivity contribution is 5.90. The molecule has 0 saturated carbocycles. The number of rotatable bonds is 11. The Morgan fingerprint density at radius 2 is 1.88 bits per heavy atom. The Morgan fingerprint density at radius 3 is 2.45 bits per heavy atom. The fourth-order valence-corrected chi connectivity index (χ4v) is 3.46. The molecule has 4 N–H and O–H groups in total. The van der Waals surface area contributed by atoms with Crippen molar-refractivity contribution in [3.8, 4) is 0 Å². The van der Waals surface area contributed by atoms with E-state index < -0.39 is 42.3 Å². The molecule has 10 nitrogen and oxygen atoms in total. The van der Waals surface area contributed by atoms with Crippen LogP contribution in [0.2, 0.25) is 0 Å². The summed E-state index contributed by atoms with van der Waals surface area (Å²) in [7, 11) is 1.19. The van der Waals surface area contributed by atoms with Gasteiger partial charge in [0, 0.05) is 20.2 Å². The van der Waals surface area contributed by atoms with E-state index >= 15 is 0 Å². The van der Waals surface area contributed by atoms with E-state index in [-0.39, 0.29) is 30.9 Å². The number of aliphatic hydroxyl groups excluding tert-OH is 3. The van der Waals surface area contributed by atoms with Crippen LogP contribution in [-0.2, 0) is 23.9 Å². The SMILES string of the molecule is CCOC(=O)CCN1CCCCC(NC(=O)[C@H](OC)[C@H](O)[C@@H](O)[C@H](O)/C=C/C(C)(C)C)C1=O. The quantitative estimate of drug-likeness (QED) is 0.245. The average Bonchev–Trinajstić information content (AvgIpc) is 2.91. The van der Waals surface area contributed by atoms with Crippen LogP contribution in [0.4, 0.5) is 0 Å². The van der Waals surface area contributed by atoms with Crippen LogP contribution in [-0.4, -0.2) is 95.3 Å². The molecule has 0 aliphatic carbocycles. The second kappa shape index (κ2) is 13.6. The van der Waals surface area contributed by atoms with Crippen molar-refractivity contribution < 1.29 is 39.2 Å². The molecule has 0 spiro atoms. The molecule has 0 bridgehead atoms. The van der Waals surface area contributed by atoms with Crippen LogP contribution in [0.1, 0.15) is 53.4 Å². The van der Waals surface area contributed by atoms with Crippen LogP contribution in [0.15, 0.2) is 12.2 Å². The number of allylic oxidation sites excluding steroid dienone is 1. The molecule has 2 amide bonds. The van der Waals surface area contributed by atoms with Gasteiger partial charge in [-0.15, -0.1) is 0 Å². The zero-order chi connectivity index (χ0) is 25.2. The summed E-state index contributed by atoms with van der Waals surface area (Å²) in [6.45, 7) is 8.34. The van der Waals surface area contributed by atoms with Gasteiger partial charge >= 0.3 is 5.97 Å². The molecule has 0 aromatic carbocycles. The minimum atomic E-state index is -1.73. The van der Waals surface area contributed by atoms with Gasteiger partial charge in [-0.05, 0) is 31.6 Å². The van der Waals surface area contributed by atoms with E-state index in [2.05, 4.69) is 5.32 Å². The molecule has 0 aromatic rings. The number of esters is 1. The van der Waals surface area contributed by atoms with Gasteiger partial charge in [0.25, 0.3) is 5.91 Å². The fraction of sp³-hybridized carbons (Fsp3) is 0.783. The van der Waals surface area contributed by atoms with Gasteiger partial charge in [0.2, 0.25) is 5.91 Å². The largest absolute Gasteiger partial charge is 0.466 e. The summed E-state index contributed by atoms with van der Waals surface area (Å²) in [6.07, 6.45) is -1.41. The first-order chi connectivity index (χ1) is 15.4. The topological polar surface area (TPSA) is 146 Å². The molecule has 1 aliphatic heterocycles. The Labute approximate surface area is 195 Å². The van der Waals surface area contributed by atoms with Gasteiger partial charge in [-0.25, -0.2) is 0 Å². The molecule has 190 valence electrons. The highest BCUT2D eigenvalue weighted by Crippen LogP contribution is 2.18. The maximum Gasteiger partial charge on any atom is 0.307 e. The second-order valence-electron chi connectivity index (χ2n) is 9.29. The number of hydrogen-bond donors (Lipinski definition) is 4. The smallest absolute Gasteiger partial charge is 0.307 e. The summed E-state index contributed by atoms with van der Waals surface area (Å²) >= 11 is 0. The number of ether oxygens (including phenoxy) is 2. The molecule has 1 heterocycles. The molecule has 33 heavy (non-hydrogen) atoms. The number of methoxy groups -OCH3 is 1. The van der Waals surface area contributed by atoms with E-state index in [0.717, 1.165) is 6.42 Å². The van der Waals surface area contributed by atoms with Crippen LogP contribution < -0.4 is 5.32 Å². The highest BCUT2D eigenvalue weighted by atomic mass is 16.5. The van der Waals surface area contributed by atoms with E-state index in [4.69, 9.17) is 9.47 Å². The van der Waals surface area contributed by atoms with E-state index in [1.807, 2.05) is 20.8 Å². The molecule has 0 radical (unpaired) electrons. The first-order valence-corrected chi connectivity index (χ1v) is 11.4. The van der Waals surface area contributed by atoms with Crippen molar-refractivity contribution in [2.45, 2.75) is 83.8 Å². The number of nitrogens with one attached hydrogen (secondary N) is 1. The summed E-state index contributed by atoms with van der Waals surface area (Å²) in [5, 5.41) is 33.5. The van der Waals surface area contributed by atoms with Crippen molar-refractivity contribution in [1.29, 1.82) is 0 Å². The summed E-state index contributed by atoms with van der Waals surface area (Å²) in [6, 6.07) is -0.852. The number of hydrogen-bond acceptors (Lipinski definition) is 8. The molecular weight excluding hydrogens is 432 g/mol. The second-order valence-corrected chi connectivity index (χ2v) is 9.29. The van der Waals surface area contributed by atoms with Gasteiger partial charge < -0.3 is 35.0 Å². The van der Waals surface area contributed by atoms with Crippen molar-refractivity contribution in [2.24, 2.45) is 5.41 Å². The third-order valence-electron chi connectivity index (χ3n) is 5.30. The van der Waals surface area contributed by atoms with Crippen molar-refractivity contribution in [3.05, 3.63) is 12.2 Å². The molecule has 1 unspecified atom stereocenters. The third-order valence-corrected chi connectivity index (χ3v) is 5.30. The van der Waals surface area contributed by atoms with E-state index in [9.17, 15) is 29.7 Å². The van der Waals surface area contributed by atoms with Crippen molar-refractivity contribution >= 4 is 17.8 Å². The third kappa shape index (κ3) is 9.79. The minimum Gasteiger partial charge on any atom is -0.466 e. The van der Waals surface area contributed by atoms with Crippen LogP contribution in [0.5, 0.6) is 0 Å². The highest BCUT2D eigenvalue weighted by Gasteiger charge is 2.37. The van der Waals surface area contributed by atoms with Crippen LogP contribution in [0.25, 0.3) is 0 Å². The van der Waals surface area contributed by atoms with Gasteiger partial charge in [-0.1, -0.05) is 32.9 Å². The van der Waals surface area contributed by atoms with Crippen molar-refractivity contribution in [3.63, 3.8) is 0 Å². The van der Waals surface area contributed by atoms with Gasteiger partial charge in [0.1, 0.15) is 24.4 Å². The number of carbonyl (C=O) groups is 3. The van der Waals surface area contributed by atoms with Crippen molar-refractivity contribution in [1.82, 2.24) is 10.2 Å². The Kier molecular flexibility index (Phi) is 12.0. The summed E-state index contributed by atoms with van der Waals surface area (Å²) in [4.78, 5) is 38.9. The summed E-state index contributed by atoms with van der Waals surface area (Å²) in [5.41, 5.74) is -0.247. The zero-order valence-electron chi connectivity index (χ0n) is 20.3. The first-order valence-electron chi connectivity index (χ1n) is 11.4. The number of amides is 2. The predicted octanol–water partition coefficient (Wildman–Crippen LogP) is 0.137. The average molecular weight is 473 g/mol. The number of likely N-dealkylation sites (tertiary alicyclic amines) is 1. The van der Waals surface area contributed by atoms with Crippen LogP contribution in [0, 0.1) is 5.41 Å². The van der Waals surface area contributed by atoms with Crippen LogP contribution >= 0.6 is 0 Å². The van der Waals surface area contributed by atoms with E-state index in [1.54, 1.807) is 13.0 Å². The Balaban J connectivity index is 2.80. The molecule has 0 aromatic heterocycles. The Bertz CT molecular complexity index is 676. The lowest BCUT2D eigenvalue weighted by Gasteiger charge is -2.29. The number of nitrogens with zero attached hydrogens (tertiary/aromatic N) is 1. The van der Waals surface area contributed by atoms with E-state index in [1.165, 1.54) is 18.1 Å².